The Bertz CT molecular complexity index is 655. The highest BCUT2D eigenvalue weighted by molar-refractivity contribution is 7.18. The van der Waals surface area contributed by atoms with Crippen LogP contribution in [0.5, 0.6) is 0 Å². The second-order valence-electron chi connectivity index (χ2n) is 3.50. The number of carbonyl (C=O) groups is 1. The number of thiazole rings is 1. The van der Waals surface area contributed by atoms with Crippen molar-refractivity contribution >= 4 is 39.7 Å². The van der Waals surface area contributed by atoms with Crippen LogP contribution in [0.3, 0.4) is 0 Å². The molecule has 0 aliphatic carbocycles. The number of esters is 1. The number of benzene rings is 1. The van der Waals surface area contributed by atoms with Gasteiger partial charge in [0.25, 0.3) is 0 Å². The summed E-state index contributed by atoms with van der Waals surface area (Å²) in [5, 5.41) is 2.12. The smallest absolute Gasteiger partial charge is 0.351 e. The van der Waals surface area contributed by atoms with E-state index in [1.807, 2.05) is 0 Å². The maximum absolute atomic E-state index is 13.4. The molecule has 0 atom stereocenters. The first-order valence-electron chi connectivity index (χ1n) is 5.08. The van der Waals surface area contributed by atoms with Gasteiger partial charge in [0.05, 0.1) is 7.11 Å². The summed E-state index contributed by atoms with van der Waals surface area (Å²) >= 11 is 6.45. The fourth-order valence-electron chi connectivity index (χ4n) is 1.34. The zero-order valence-electron chi connectivity index (χ0n) is 9.84. The Morgan fingerprint density at radius 2 is 1.95 bits per heavy atom. The SMILES string of the molecule is COC(=O)c1sc(Nc2c(F)cc(F)cc2F)nc1Cl. The van der Waals surface area contributed by atoms with Crippen molar-refractivity contribution in [3.05, 3.63) is 39.6 Å². The van der Waals surface area contributed by atoms with E-state index in [1.54, 1.807) is 0 Å². The van der Waals surface area contributed by atoms with E-state index in [-0.39, 0.29) is 15.2 Å². The number of rotatable bonds is 3. The van der Waals surface area contributed by atoms with Crippen molar-refractivity contribution in [2.24, 2.45) is 0 Å². The van der Waals surface area contributed by atoms with Crippen LogP contribution < -0.4 is 5.32 Å². The van der Waals surface area contributed by atoms with Crippen molar-refractivity contribution in [2.45, 2.75) is 0 Å². The van der Waals surface area contributed by atoms with Crippen LogP contribution in [0.15, 0.2) is 12.1 Å². The molecule has 0 amide bonds. The summed E-state index contributed by atoms with van der Waals surface area (Å²) in [5.74, 6) is -4.03. The molecule has 1 aromatic heterocycles. The molecule has 0 saturated heterocycles. The molecule has 0 saturated carbocycles. The Labute approximate surface area is 120 Å². The lowest BCUT2D eigenvalue weighted by atomic mass is 10.3. The number of hydrogen-bond donors (Lipinski definition) is 1. The number of aromatic nitrogens is 1. The second kappa shape index (κ2) is 5.68. The average molecular weight is 323 g/mol. The Kier molecular flexibility index (Phi) is 4.15. The van der Waals surface area contributed by atoms with Gasteiger partial charge in [0, 0.05) is 12.1 Å². The van der Waals surface area contributed by atoms with Crippen molar-refractivity contribution in [3.8, 4) is 0 Å². The largest absolute Gasteiger partial charge is 0.465 e. The summed E-state index contributed by atoms with van der Waals surface area (Å²) < 4.78 is 44.1. The van der Waals surface area contributed by atoms with Crippen LogP contribution in [0.25, 0.3) is 0 Å². The van der Waals surface area contributed by atoms with Crippen LogP contribution in [0.2, 0.25) is 5.15 Å². The fourth-order valence-corrected chi connectivity index (χ4v) is 2.45. The second-order valence-corrected chi connectivity index (χ2v) is 4.86. The molecule has 0 aliphatic heterocycles. The molecule has 20 heavy (non-hydrogen) atoms. The topological polar surface area (TPSA) is 51.2 Å². The van der Waals surface area contributed by atoms with Gasteiger partial charge in [-0.15, -0.1) is 0 Å². The summed E-state index contributed by atoms with van der Waals surface area (Å²) in [6.07, 6.45) is 0. The monoisotopic (exact) mass is 322 g/mol. The lowest BCUT2D eigenvalue weighted by Crippen LogP contribution is -1.98. The molecule has 1 N–H and O–H groups in total. The number of carbonyl (C=O) groups excluding carboxylic acids is 1. The van der Waals surface area contributed by atoms with Gasteiger partial charge in [0.15, 0.2) is 26.8 Å². The summed E-state index contributed by atoms with van der Waals surface area (Å²) in [4.78, 5) is 15.0. The predicted octanol–water partition coefficient (Wildman–Crippen LogP) is 3.74. The molecular formula is C11H6ClF3N2O2S. The van der Waals surface area contributed by atoms with Gasteiger partial charge < -0.3 is 10.1 Å². The minimum Gasteiger partial charge on any atom is -0.465 e. The van der Waals surface area contributed by atoms with E-state index in [9.17, 15) is 18.0 Å². The fraction of sp³-hybridized carbons (Fsp3) is 0.0909. The van der Waals surface area contributed by atoms with E-state index >= 15 is 0 Å². The van der Waals surface area contributed by atoms with Gasteiger partial charge in [-0.3, -0.25) is 0 Å². The van der Waals surface area contributed by atoms with Gasteiger partial charge in [-0.2, -0.15) is 0 Å². The molecule has 0 fully saturated rings. The highest BCUT2D eigenvalue weighted by Crippen LogP contribution is 2.31. The van der Waals surface area contributed by atoms with Crippen molar-refractivity contribution in [2.75, 3.05) is 12.4 Å². The zero-order chi connectivity index (χ0) is 14.9. The van der Waals surface area contributed by atoms with Crippen LogP contribution in [0.1, 0.15) is 9.67 Å². The van der Waals surface area contributed by atoms with Gasteiger partial charge in [0.1, 0.15) is 11.5 Å². The summed E-state index contributed by atoms with van der Waals surface area (Å²) in [5.41, 5.74) is -0.590. The van der Waals surface area contributed by atoms with Gasteiger partial charge in [-0.25, -0.2) is 22.9 Å². The van der Waals surface area contributed by atoms with Gasteiger partial charge in [-0.1, -0.05) is 22.9 Å². The molecule has 0 aliphatic rings. The minimum atomic E-state index is -1.13. The number of nitrogens with zero attached hydrogens (tertiary/aromatic N) is 1. The minimum absolute atomic E-state index is 0.0143. The third kappa shape index (κ3) is 2.86. The first-order chi connectivity index (χ1) is 9.42. The van der Waals surface area contributed by atoms with Crippen LogP contribution in [0, 0.1) is 17.5 Å². The Hall–Kier alpha value is -1.80. The van der Waals surface area contributed by atoms with Crippen molar-refractivity contribution in [3.63, 3.8) is 0 Å². The zero-order valence-corrected chi connectivity index (χ0v) is 11.4. The van der Waals surface area contributed by atoms with Crippen LogP contribution >= 0.6 is 22.9 Å². The van der Waals surface area contributed by atoms with Crippen molar-refractivity contribution in [1.29, 1.82) is 0 Å². The van der Waals surface area contributed by atoms with Gasteiger partial charge in [-0.05, 0) is 0 Å². The average Bonchev–Trinajstić information content (AvgIpc) is 2.74. The predicted molar refractivity (Wildman–Crippen MR) is 68.1 cm³/mol. The van der Waals surface area contributed by atoms with Crippen LogP contribution in [-0.2, 0) is 4.74 Å². The molecular weight excluding hydrogens is 317 g/mol. The van der Waals surface area contributed by atoms with E-state index in [4.69, 9.17) is 11.6 Å². The maximum atomic E-state index is 13.4. The molecule has 2 aromatic rings. The molecule has 1 aromatic carbocycles. The van der Waals surface area contributed by atoms with E-state index in [0.29, 0.717) is 12.1 Å². The third-order valence-electron chi connectivity index (χ3n) is 2.20. The number of nitrogens with one attached hydrogen (secondary N) is 1. The van der Waals surface area contributed by atoms with E-state index in [0.717, 1.165) is 18.4 Å². The van der Waals surface area contributed by atoms with E-state index < -0.39 is 29.1 Å². The Balaban J connectivity index is 2.34. The lowest BCUT2D eigenvalue weighted by Gasteiger charge is -2.05. The summed E-state index contributed by atoms with van der Waals surface area (Å²) in [6.45, 7) is 0. The molecule has 0 radical (unpaired) electrons. The summed E-state index contributed by atoms with van der Waals surface area (Å²) in [6, 6.07) is 1.03. The molecule has 2 rings (SSSR count). The van der Waals surface area contributed by atoms with Gasteiger partial charge >= 0.3 is 5.97 Å². The molecule has 4 nitrogen and oxygen atoms in total. The third-order valence-corrected chi connectivity index (χ3v) is 3.53. The van der Waals surface area contributed by atoms with Crippen molar-refractivity contribution in [1.82, 2.24) is 4.98 Å². The lowest BCUT2D eigenvalue weighted by molar-refractivity contribution is 0.0606. The Morgan fingerprint density at radius 3 is 2.50 bits per heavy atom. The maximum Gasteiger partial charge on any atom is 0.351 e. The number of hydrogen-bond acceptors (Lipinski definition) is 5. The molecule has 0 bridgehead atoms. The standard InChI is InChI=1S/C11H6ClF3N2O2S/c1-19-10(18)8-9(12)17-11(20-8)16-7-5(14)2-4(13)3-6(7)15/h2-3H,1H3,(H,16,17). The van der Waals surface area contributed by atoms with Crippen LogP contribution in [-0.4, -0.2) is 18.1 Å². The molecule has 9 heteroatoms. The number of anilines is 2. The highest BCUT2D eigenvalue weighted by atomic mass is 35.5. The van der Waals surface area contributed by atoms with Gasteiger partial charge in [0.2, 0.25) is 0 Å². The van der Waals surface area contributed by atoms with Crippen molar-refractivity contribution < 1.29 is 22.7 Å². The van der Waals surface area contributed by atoms with E-state index in [2.05, 4.69) is 15.0 Å². The first kappa shape index (κ1) is 14.6. The highest BCUT2D eigenvalue weighted by Gasteiger charge is 2.19. The molecule has 0 spiro atoms. The first-order valence-corrected chi connectivity index (χ1v) is 6.28. The van der Waals surface area contributed by atoms with Crippen LogP contribution in [0.4, 0.5) is 24.0 Å². The number of halogens is 4. The molecule has 0 unspecified atom stereocenters. The molecule has 1 heterocycles. The van der Waals surface area contributed by atoms with E-state index in [1.165, 1.54) is 0 Å². The molecule has 106 valence electrons. The quantitative estimate of drug-likeness (QED) is 0.875. The summed E-state index contributed by atoms with van der Waals surface area (Å²) in [7, 11) is 1.16. The normalized spacial score (nSPS) is 10.4. The number of methoxy groups -OCH3 is 1. The number of ether oxygens (including phenoxy) is 1. The Morgan fingerprint density at radius 1 is 1.35 bits per heavy atom.